The molecule has 0 saturated heterocycles. The van der Waals surface area contributed by atoms with Crippen LogP contribution in [0.15, 0.2) is 29.2 Å². The van der Waals surface area contributed by atoms with Crippen molar-refractivity contribution in [2.24, 2.45) is 0 Å². The van der Waals surface area contributed by atoms with Crippen LogP contribution in [-0.4, -0.2) is 52.7 Å². The standard InChI is InChI=1S/C15H18N2O4S/c1-10(2)16(8-15(20)21)13(18)7-17-11-5-3-4-6-12(11)22-9-14(17)19/h3-6,10H,7-9H2,1-2H3,(H,20,21). The minimum Gasteiger partial charge on any atom is -0.480 e. The molecule has 1 aliphatic heterocycles. The van der Waals surface area contributed by atoms with Crippen LogP contribution in [0.25, 0.3) is 0 Å². The van der Waals surface area contributed by atoms with Gasteiger partial charge in [0.2, 0.25) is 11.8 Å². The predicted molar refractivity (Wildman–Crippen MR) is 84.0 cm³/mol. The maximum atomic E-state index is 12.4. The maximum absolute atomic E-state index is 12.4. The Kier molecular flexibility index (Phi) is 5.07. The molecule has 0 bridgehead atoms. The summed E-state index contributed by atoms with van der Waals surface area (Å²) in [5.74, 6) is -1.29. The topological polar surface area (TPSA) is 77.9 Å². The maximum Gasteiger partial charge on any atom is 0.323 e. The summed E-state index contributed by atoms with van der Waals surface area (Å²) in [5, 5.41) is 8.92. The Balaban J connectivity index is 2.20. The van der Waals surface area contributed by atoms with Gasteiger partial charge in [-0.05, 0) is 26.0 Å². The molecule has 1 heterocycles. The highest BCUT2D eigenvalue weighted by Crippen LogP contribution is 2.34. The van der Waals surface area contributed by atoms with Gasteiger partial charge in [0.1, 0.15) is 13.1 Å². The van der Waals surface area contributed by atoms with Gasteiger partial charge in [-0.25, -0.2) is 0 Å². The summed E-state index contributed by atoms with van der Waals surface area (Å²) in [6.07, 6.45) is 0. The van der Waals surface area contributed by atoms with Crippen molar-refractivity contribution in [2.45, 2.75) is 24.8 Å². The number of thioether (sulfide) groups is 1. The van der Waals surface area contributed by atoms with E-state index in [2.05, 4.69) is 0 Å². The van der Waals surface area contributed by atoms with Gasteiger partial charge in [0.05, 0.1) is 11.4 Å². The second-order valence-electron chi connectivity index (χ2n) is 5.25. The van der Waals surface area contributed by atoms with Gasteiger partial charge in [-0.1, -0.05) is 12.1 Å². The number of benzene rings is 1. The van der Waals surface area contributed by atoms with Crippen molar-refractivity contribution in [3.05, 3.63) is 24.3 Å². The number of hydrogen-bond donors (Lipinski definition) is 1. The summed E-state index contributed by atoms with van der Waals surface area (Å²) in [6, 6.07) is 7.15. The first-order valence-corrected chi connectivity index (χ1v) is 7.92. The zero-order valence-electron chi connectivity index (χ0n) is 12.5. The number of hydrogen-bond acceptors (Lipinski definition) is 4. The number of carboxylic acid groups (broad SMARTS) is 1. The molecule has 2 amide bonds. The van der Waals surface area contributed by atoms with Crippen molar-refractivity contribution in [3.8, 4) is 0 Å². The Bertz CT molecular complexity index is 603. The Morgan fingerprint density at radius 2 is 2.05 bits per heavy atom. The van der Waals surface area contributed by atoms with Crippen LogP contribution in [-0.2, 0) is 14.4 Å². The molecular weight excluding hydrogens is 304 g/mol. The predicted octanol–water partition coefficient (Wildman–Crippen LogP) is 1.45. The summed E-state index contributed by atoms with van der Waals surface area (Å²) < 4.78 is 0. The number of aliphatic carboxylic acids is 1. The van der Waals surface area contributed by atoms with Gasteiger partial charge >= 0.3 is 5.97 Å². The molecule has 1 aromatic carbocycles. The van der Waals surface area contributed by atoms with E-state index in [4.69, 9.17) is 5.11 Å². The van der Waals surface area contributed by atoms with Gasteiger partial charge in [0.15, 0.2) is 0 Å². The lowest BCUT2D eigenvalue weighted by Crippen LogP contribution is -2.48. The molecule has 1 aliphatic rings. The Labute approximate surface area is 133 Å². The number of para-hydroxylation sites is 1. The molecule has 6 nitrogen and oxygen atoms in total. The molecule has 0 aliphatic carbocycles. The summed E-state index contributed by atoms with van der Waals surface area (Å²) >= 11 is 1.44. The normalized spacial score (nSPS) is 14.0. The van der Waals surface area contributed by atoms with E-state index in [9.17, 15) is 14.4 Å². The average molecular weight is 322 g/mol. The molecule has 1 N–H and O–H groups in total. The Morgan fingerprint density at radius 1 is 1.36 bits per heavy atom. The SMILES string of the molecule is CC(C)N(CC(=O)O)C(=O)CN1C(=O)CSc2ccccc21. The monoisotopic (exact) mass is 322 g/mol. The highest BCUT2D eigenvalue weighted by Gasteiger charge is 2.29. The molecule has 0 aromatic heterocycles. The molecule has 1 aromatic rings. The number of nitrogens with zero attached hydrogens (tertiary/aromatic N) is 2. The second kappa shape index (κ2) is 6.83. The van der Waals surface area contributed by atoms with Crippen LogP contribution in [0.5, 0.6) is 0 Å². The number of carboxylic acids is 1. The Morgan fingerprint density at radius 3 is 2.68 bits per heavy atom. The minimum absolute atomic E-state index is 0.137. The molecule has 0 saturated carbocycles. The number of carbonyl (C=O) groups is 3. The fourth-order valence-electron chi connectivity index (χ4n) is 2.26. The molecule has 0 fully saturated rings. The Hall–Kier alpha value is -2.02. The quantitative estimate of drug-likeness (QED) is 0.888. The van der Waals surface area contributed by atoms with Crippen molar-refractivity contribution in [2.75, 3.05) is 23.7 Å². The largest absolute Gasteiger partial charge is 0.480 e. The molecule has 0 spiro atoms. The van der Waals surface area contributed by atoms with Gasteiger partial charge in [0.25, 0.3) is 0 Å². The van der Waals surface area contributed by atoms with Crippen LogP contribution < -0.4 is 4.90 Å². The number of carbonyl (C=O) groups excluding carboxylic acids is 2. The first-order valence-electron chi connectivity index (χ1n) is 6.93. The van der Waals surface area contributed by atoms with E-state index in [1.54, 1.807) is 19.9 Å². The van der Waals surface area contributed by atoms with Crippen LogP contribution in [0.3, 0.4) is 0 Å². The van der Waals surface area contributed by atoms with Gasteiger partial charge < -0.3 is 14.9 Å². The van der Waals surface area contributed by atoms with Crippen molar-refractivity contribution >= 4 is 35.2 Å². The van der Waals surface area contributed by atoms with E-state index in [-0.39, 0.29) is 36.7 Å². The van der Waals surface area contributed by atoms with Crippen molar-refractivity contribution in [1.29, 1.82) is 0 Å². The van der Waals surface area contributed by atoms with E-state index < -0.39 is 5.97 Å². The third-order valence-electron chi connectivity index (χ3n) is 3.35. The highest BCUT2D eigenvalue weighted by molar-refractivity contribution is 8.00. The molecule has 22 heavy (non-hydrogen) atoms. The lowest BCUT2D eigenvalue weighted by molar-refractivity contribution is -0.145. The fourth-order valence-corrected chi connectivity index (χ4v) is 3.19. The molecule has 118 valence electrons. The van der Waals surface area contributed by atoms with E-state index in [0.29, 0.717) is 5.69 Å². The van der Waals surface area contributed by atoms with Crippen LogP contribution in [0, 0.1) is 0 Å². The lowest BCUT2D eigenvalue weighted by atomic mass is 10.2. The van der Waals surface area contributed by atoms with E-state index >= 15 is 0 Å². The lowest BCUT2D eigenvalue weighted by Gasteiger charge is -2.32. The minimum atomic E-state index is -1.07. The van der Waals surface area contributed by atoms with Crippen molar-refractivity contribution < 1.29 is 19.5 Å². The summed E-state index contributed by atoms with van der Waals surface area (Å²) in [5.41, 5.74) is 0.705. The number of anilines is 1. The van der Waals surface area contributed by atoms with Gasteiger partial charge in [-0.3, -0.25) is 14.4 Å². The zero-order valence-corrected chi connectivity index (χ0v) is 13.3. The van der Waals surface area contributed by atoms with E-state index in [1.807, 2.05) is 18.2 Å². The first kappa shape index (κ1) is 16.4. The molecule has 2 rings (SSSR count). The number of rotatable bonds is 5. The summed E-state index contributed by atoms with van der Waals surface area (Å²) in [7, 11) is 0. The van der Waals surface area contributed by atoms with Crippen molar-refractivity contribution in [3.63, 3.8) is 0 Å². The molecule has 0 atom stereocenters. The third kappa shape index (κ3) is 3.59. The number of fused-ring (bicyclic) bond motifs is 1. The number of amides is 2. The smallest absolute Gasteiger partial charge is 0.323 e. The van der Waals surface area contributed by atoms with Gasteiger partial charge in [-0.2, -0.15) is 0 Å². The van der Waals surface area contributed by atoms with Crippen LogP contribution in [0.4, 0.5) is 5.69 Å². The van der Waals surface area contributed by atoms with Crippen molar-refractivity contribution in [1.82, 2.24) is 4.90 Å². The van der Waals surface area contributed by atoms with Crippen LogP contribution in [0.1, 0.15) is 13.8 Å². The summed E-state index contributed by atoms with van der Waals surface area (Å²) in [4.78, 5) is 39.1. The molecular formula is C15H18N2O4S. The third-order valence-corrected chi connectivity index (χ3v) is 4.40. The second-order valence-corrected chi connectivity index (χ2v) is 6.26. The molecule has 0 radical (unpaired) electrons. The van der Waals surface area contributed by atoms with Crippen LogP contribution in [0.2, 0.25) is 0 Å². The van der Waals surface area contributed by atoms with Crippen LogP contribution >= 0.6 is 11.8 Å². The fraction of sp³-hybridized carbons (Fsp3) is 0.400. The highest BCUT2D eigenvalue weighted by atomic mass is 32.2. The summed E-state index contributed by atoms with van der Waals surface area (Å²) in [6.45, 7) is 3.00. The average Bonchev–Trinajstić information content (AvgIpc) is 2.47. The van der Waals surface area contributed by atoms with E-state index in [1.165, 1.54) is 21.6 Å². The van der Waals surface area contributed by atoms with Gasteiger partial charge in [0, 0.05) is 10.9 Å². The first-order chi connectivity index (χ1) is 10.4. The molecule has 0 unspecified atom stereocenters. The van der Waals surface area contributed by atoms with Gasteiger partial charge in [-0.15, -0.1) is 11.8 Å². The zero-order chi connectivity index (χ0) is 16.3. The molecule has 7 heteroatoms. The van der Waals surface area contributed by atoms with E-state index in [0.717, 1.165) is 4.90 Å².